The molecule has 0 bridgehead atoms. The highest BCUT2D eigenvalue weighted by atomic mass is 79.9. The summed E-state index contributed by atoms with van der Waals surface area (Å²) >= 11 is 7.97. The van der Waals surface area contributed by atoms with E-state index >= 15 is 0 Å². The van der Waals surface area contributed by atoms with Crippen LogP contribution in [0.1, 0.15) is 11.1 Å². The Morgan fingerprint density at radius 2 is 1.83 bits per heavy atom. The molecule has 1 fully saturated rings. The Bertz CT molecular complexity index is 809. The molecule has 2 heterocycles. The normalized spacial score (nSPS) is 17.3. The van der Waals surface area contributed by atoms with Crippen molar-refractivity contribution < 1.29 is 8.42 Å². The fourth-order valence-corrected chi connectivity index (χ4v) is 7.17. The van der Waals surface area contributed by atoms with Crippen LogP contribution in [0.3, 0.4) is 0 Å². The summed E-state index contributed by atoms with van der Waals surface area (Å²) in [7, 11) is -3.40. The molecule has 0 radical (unpaired) electrons. The summed E-state index contributed by atoms with van der Waals surface area (Å²) in [5, 5.41) is 0. The summed E-state index contributed by atoms with van der Waals surface area (Å²) < 4.78 is 29.0. The predicted molar refractivity (Wildman–Crippen MR) is 105 cm³/mol. The molecular weight excluding hydrogens is 476 g/mol. The monoisotopic (exact) mass is 492 g/mol. The summed E-state index contributed by atoms with van der Waals surface area (Å²) in [6, 6.07) is 10.1. The van der Waals surface area contributed by atoms with Gasteiger partial charge in [-0.3, -0.25) is 4.90 Å². The van der Waals surface area contributed by atoms with Crippen LogP contribution in [-0.2, 0) is 16.6 Å². The van der Waals surface area contributed by atoms with E-state index in [2.05, 4.69) is 67.9 Å². The van der Waals surface area contributed by atoms with Crippen LogP contribution >= 0.6 is 43.2 Å². The second-order valence-electron chi connectivity index (χ2n) is 5.86. The Hall–Kier alpha value is -0.250. The van der Waals surface area contributed by atoms with Crippen molar-refractivity contribution in [2.24, 2.45) is 0 Å². The summed E-state index contributed by atoms with van der Waals surface area (Å²) in [4.78, 5) is 2.31. The molecule has 1 aromatic heterocycles. The number of sulfonamides is 1. The SMILES string of the molecule is Cc1cccc(CN2CCN(S(=O)(=O)c3cc(Br)c(Br)s3)CC2)c1. The van der Waals surface area contributed by atoms with E-state index in [1.165, 1.54) is 22.5 Å². The molecule has 0 N–H and O–H groups in total. The number of benzene rings is 1. The Balaban J connectivity index is 1.64. The number of hydrogen-bond acceptors (Lipinski definition) is 4. The number of nitrogens with zero attached hydrogens (tertiary/aromatic N) is 2. The maximum Gasteiger partial charge on any atom is 0.252 e. The van der Waals surface area contributed by atoms with Crippen molar-refractivity contribution >= 4 is 53.2 Å². The lowest BCUT2D eigenvalue weighted by atomic mass is 10.1. The van der Waals surface area contributed by atoms with Crippen LogP contribution in [-0.4, -0.2) is 43.8 Å². The first-order valence-corrected chi connectivity index (χ1v) is 11.4. The van der Waals surface area contributed by atoms with Crippen LogP contribution in [0.2, 0.25) is 0 Å². The van der Waals surface area contributed by atoms with Gasteiger partial charge in [0.2, 0.25) is 0 Å². The number of thiophene rings is 1. The maximum atomic E-state index is 12.7. The maximum absolute atomic E-state index is 12.7. The minimum atomic E-state index is -3.40. The Labute approximate surface area is 163 Å². The summed E-state index contributed by atoms with van der Waals surface area (Å²) in [6.07, 6.45) is 0. The van der Waals surface area contributed by atoms with Crippen molar-refractivity contribution in [3.63, 3.8) is 0 Å². The van der Waals surface area contributed by atoms with Crippen molar-refractivity contribution in [2.45, 2.75) is 17.7 Å². The zero-order valence-electron chi connectivity index (χ0n) is 13.2. The van der Waals surface area contributed by atoms with E-state index in [1.807, 2.05) is 0 Å². The van der Waals surface area contributed by atoms with Crippen molar-refractivity contribution in [1.29, 1.82) is 0 Å². The fraction of sp³-hybridized carbons (Fsp3) is 0.375. The van der Waals surface area contributed by atoms with E-state index in [0.717, 1.165) is 27.9 Å². The van der Waals surface area contributed by atoms with Crippen LogP contribution in [0, 0.1) is 6.92 Å². The zero-order chi connectivity index (χ0) is 17.3. The lowest BCUT2D eigenvalue weighted by Gasteiger charge is -2.33. The number of piperazine rings is 1. The molecule has 8 heteroatoms. The van der Waals surface area contributed by atoms with Crippen LogP contribution in [0.4, 0.5) is 0 Å². The molecule has 4 nitrogen and oxygen atoms in total. The van der Waals surface area contributed by atoms with Gasteiger partial charge < -0.3 is 0 Å². The number of rotatable bonds is 4. The largest absolute Gasteiger partial charge is 0.296 e. The van der Waals surface area contributed by atoms with E-state index in [0.29, 0.717) is 17.3 Å². The molecule has 2 aromatic rings. The average Bonchev–Trinajstić information content (AvgIpc) is 2.88. The molecule has 0 amide bonds. The molecule has 24 heavy (non-hydrogen) atoms. The standard InChI is InChI=1S/C16H18Br2N2O2S2/c1-12-3-2-4-13(9-12)11-19-5-7-20(8-6-19)24(21,22)15-10-14(17)16(18)23-15/h2-4,9-10H,5-8,11H2,1H3. The van der Waals surface area contributed by atoms with E-state index in [9.17, 15) is 8.42 Å². The summed E-state index contributed by atoms with van der Waals surface area (Å²) in [6.45, 7) is 5.52. The second kappa shape index (κ2) is 7.55. The first-order chi connectivity index (χ1) is 11.4. The van der Waals surface area contributed by atoms with Crippen molar-refractivity contribution in [2.75, 3.05) is 26.2 Å². The predicted octanol–water partition coefficient (Wildman–Crippen LogP) is 4.09. The minimum absolute atomic E-state index is 0.383. The highest BCUT2D eigenvalue weighted by Crippen LogP contribution is 2.36. The Morgan fingerprint density at radius 3 is 2.42 bits per heavy atom. The topological polar surface area (TPSA) is 40.6 Å². The van der Waals surface area contributed by atoms with Crippen LogP contribution < -0.4 is 0 Å². The van der Waals surface area contributed by atoms with Crippen molar-refractivity contribution in [3.05, 3.63) is 49.7 Å². The van der Waals surface area contributed by atoms with Gasteiger partial charge in [0.25, 0.3) is 10.0 Å². The molecule has 1 aromatic carbocycles. The van der Waals surface area contributed by atoms with Gasteiger partial charge >= 0.3 is 0 Å². The van der Waals surface area contributed by atoms with E-state index in [1.54, 1.807) is 10.4 Å². The Kier molecular flexibility index (Phi) is 5.83. The van der Waals surface area contributed by atoms with E-state index in [4.69, 9.17) is 0 Å². The second-order valence-corrected chi connectivity index (χ2v) is 11.2. The highest BCUT2D eigenvalue weighted by molar-refractivity contribution is 9.13. The number of aryl methyl sites for hydroxylation is 1. The number of halogens is 2. The van der Waals surface area contributed by atoms with Crippen molar-refractivity contribution in [1.82, 2.24) is 9.21 Å². The Morgan fingerprint density at radius 1 is 1.12 bits per heavy atom. The lowest BCUT2D eigenvalue weighted by Crippen LogP contribution is -2.48. The van der Waals surface area contributed by atoms with Gasteiger partial charge in [0.1, 0.15) is 4.21 Å². The molecule has 1 aliphatic heterocycles. The molecule has 0 unspecified atom stereocenters. The van der Waals surface area contributed by atoms with Crippen molar-refractivity contribution in [3.8, 4) is 0 Å². The number of hydrogen-bond donors (Lipinski definition) is 0. The third-order valence-electron chi connectivity index (χ3n) is 4.04. The summed E-state index contributed by atoms with van der Waals surface area (Å²) in [5.74, 6) is 0. The fourth-order valence-electron chi connectivity index (χ4n) is 2.78. The first kappa shape index (κ1) is 18.5. The van der Waals surface area contributed by atoms with Gasteiger partial charge in [-0.1, -0.05) is 29.8 Å². The van der Waals surface area contributed by atoms with E-state index < -0.39 is 10.0 Å². The molecule has 0 atom stereocenters. The molecule has 0 spiro atoms. The minimum Gasteiger partial charge on any atom is -0.296 e. The highest BCUT2D eigenvalue weighted by Gasteiger charge is 2.30. The molecule has 130 valence electrons. The molecule has 3 rings (SSSR count). The van der Waals surface area contributed by atoms with E-state index in [-0.39, 0.29) is 0 Å². The first-order valence-electron chi connectivity index (χ1n) is 7.59. The van der Waals surface area contributed by atoms with Gasteiger partial charge in [-0.25, -0.2) is 8.42 Å². The van der Waals surface area contributed by atoms with Crippen LogP contribution in [0.25, 0.3) is 0 Å². The smallest absolute Gasteiger partial charge is 0.252 e. The molecule has 1 saturated heterocycles. The third-order valence-corrected chi connectivity index (χ3v) is 9.64. The van der Waals surface area contributed by atoms with Gasteiger partial charge in [0.15, 0.2) is 0 Å². The zero-order valence-corrected chi connectivity index (χ0v) is 18.0. The molecular formula is C16H18Br2N2O2S2. The summed E-state index contributed by atoms with van der Waals surface area (Å²) in [5.41, 5.74) is 2.53. The van der Waals surface area contributed by atoms with Gasteiger partial charge in [-0.2, -0.15) is 4.31 Å². The molecule has 0 aliphatic carbocycles. The van der Waals surface area contributed by atoms with Crippen LogP contribution in [0.5, 0.6) is 0 Å². The van der Waals surface area contributed by atoms with Gasteiger partial charge in [0, 0.05) is 37.2 Å². The van der Waals surface area contributed by atoms with Gasteiger partial charge in [-0.15, -0.1) is 11.3 Å². The lowest BCUT2D eigenvalue weighted by molar-refractivity contribution is 0.182. The van der Waals surface area contributed by atoms with Gasteiger partial charge in [-0.05, 0) is 50.4 Å². The van der Waals surface area contributed by atoms with Gasteiger partial charge in [0.05, 0.1) is 3.79 Å². The third kappa shape index (κ3) is 4.11. The molecule has 1 aliphatic rings. The average molecular weight is 494 g/mol. The quantitative estimate of drug-likeness (QED) is 0.644. The molecule has 0 saturated carbocycles. The van der Waals surface area contributed by atoms with Crippen LogP contribution in [0.15, 0.2) is 42.8 Å².